The second kappa shape index (κ2) is 9.33. The number of guanidine groups is 1. The lowest BCUT2D eigenvalue weighted by Gasteiger charge is -2.15. The first kappa shape index (κ1) is 17.5. The van der Waals surface area contributed by atoms with E-state index in [1.54, 1.807) is 18.4 Å². The van der Waals surface area contributed by atoms with Gasteiger partial charge in [-0.3, -0.25) is 4.99 Å². The van der Waals surface area contributed by atoms with E-state index in [9.17, 15) is 0 Å². The molecule has 2 N–H and O–H groups in total. The Morgan fingerprint density at radius 1 is 1.13 bits per heavy atom. The van der Waals surface area contributed by atoms with Crippen LogP contribution in [0.2, 0.25) is 0 Å². The standard InChI is InChI=1S/C18H26N4S/c1-4-22(3)14-16-8-5-7-15(11-16)12-20-18(19-2)21-13-17-9-6-10-23-17/h5-11H,4,12-14H2,1-3H3,(H2,19,20,21). The van der Waals surface area contributed by atoms with Gasteiger partial charge < -0.3 is 15.5 Å². The summed E-state index contributed by atoms with van der Waals surface area (Å²) < 4.78 is 0. The van der Waals surface area contributed by atoms with Gasteiger partial charge in [-0.05, 0) is 36.2 Å². The van der Waals surface area contributed by atoms with Crippen molar-refractivity contribution in [2.75, 3.05) is 20.6 Å². The predicted molar refractivity (Wildman–Crippen MR) is 99.8 cm³/mol. The van der Waals surface area contributed by atoms with Crippen LogP contribution in [-0.4, -0.2) is 31.5 Å². The monoisotopic (exact) mass is 330 g/mol. The molecule has 0 radical (unpaired) electrons. The first-order chi connectivity index (χ1) is 11.2. The van der Waals surface area contributed by atoms with E-state index in [0.29, 0.717) is 0 Å². The lowest BCUT2D eigenvalue weighted by Crippen LogP contribution is -2.36. The van der Waals surface area contributed by atoms with Crippen molar-refractivity contribution >= 4 is 17.3 Å². The molecule has 0 aliphatic rings. The van der Waals surface area contributed by atoms with Crippen molar-refractivity contribution in [2.45, 2.75) is 26.6 Å². The second-order valence-electron chi connectivity index (χ2n) is 5.51. The van der Waals surface area contributed by atoms with Crippen molar-refractivity contribution in [3.05, 3.63) is 57.8 Å². The number of hydrogen-bond donors (Lipinski definition) is 2. The Hall–Kier alpha value is -1.85. The molecule has 2 aromatic rings. The molecule has 5 heteroatoms. The second-order valence-corrected chi connectivity index (χ2v) is 6.54. The summed E-state index contributed by atoms with van der Waals surface area (Å²) in [4.78, 5) is 7.88. The minimum Gasteiger partial charge on any atom is -0.352 e. The zero-order chi connectivity index (χ0) is 16.5. The molecule has 0 aliphatic heterocycles. The third-order valence-corrected chi connectivity index (χ3v) is 4.55. The van der Waals surface area contributed by atoms with E-state index >= 15 is 0 Å². The molecule has 0 saturated heterocycles. The Balaban J connectivity index is 1.84. The lowest BCUT2D eigenvalue weighted by molar-refractivity contribution is 0.345. The van der Waals surface area contributed by atoms with Crippen LogP contribution in [0.25, 0.3) is 0 Å². The van der Waals surface area contributed by atoms with Gasteiger partial charge in [0.25, 0.3) is 0 Å². The van der Waals surface area contributed by atoms with Crippen LogP contribution in [-0.2, 0) is 19.6 Å². The molecule has 0 spiro atoms. The summed E-state index contributed by atoms with van der Waals surface area (Å²) in [6, 6.07) is 12.9. The Morgan fingerprint density at radius 3 is 2.61 bits per heavy atom. The fourth-order valence-electron chi connectivity index (χ4n) is 2.25. The summed E-state index contributed by atoms with van der Waals surface area (Å²) in [5, 5.41) is 8.80. The Bertz CT molecular complexity index is 607. The molecule has 4 nitrogen and oxygen atoms in total. The Labute approximate surface area is 143 Å². The molecule has 23 heavy (non-hydrogen) atoms. The van der Waals surface area contributed by atoms with Crippen LogP contribution in [0.3, 0.4) is 0 Å². The molecule has 0 amide bonds. The van der Waals surface area contributed by atoms with E-state index in [2.05, 4.69) is 76.3 Å². The van der Waals surface area contributed by atoms with Crippen LogP contribution in [0, 0.1) is 0 Å². The molecule has 0 bridgehead atoms. The highest BCUT2D eigenvalue weighted by atomic mass is 32.1. The maximum absolute atomic E-state index is 4.28. The van der Waals surface area contributed by atoms with Crippen molar-refractivity contribution in [2.24, 2.45) is 4.99 Å². The number of hydrogen-bond acceptors (Lipinski definition) is 3. The van der Waals surface area contributed by atoms with E-state index in [1.165, 1.54) is 16.0 Å². The van der Waals surface area contributed by atoms with Gasteiger partial charge in [0.2, 0.25) is 0 Å². The van der Waals surface area contributed by atoms with Gasteiger partial charge in [0.15, 0.2) is 5.96 Å². The van der Waals surface area contributed by atoms with Gasteiger partial charge in [-0.2, -0.15) is 0 Å². The van der Waals surface area contributed by atoms with Gasteiger partial charge >= 0.3 is 0 Å². The summed E-state index contributed by atoms with van der Waals surface area (Å²) in [6.45, 7) is 5.79. The van der Waals surface area contributed by atoms with Crippen LogP contribution in [0.15, 0.2) is 46.8 Å². The van der Waals surface area contributed by atoms with Crippen molar-refractivity contribution in [3.8, 4) is 0 Å². The molecular weight excluding hydrogens is 304 g/mol. The van der Waals surface area contributed by atoms with Crippen molar-refractivity contribution in [3.63, 3.8) is 0 Å². The number of rotatable bonds is 7. The topological polar surface area (TPSA) is 39.7 Å². The Kier molecular flexibility index (Phi) is 7.10. The van der Waals surface area contributed by atoms with Crippen molar-refractivity contribution < 1.29 is 0 Å². The fraction of sp³-hybridized carbons (Fsp3) is 0.389. The lowest BCUT2D eigenvalue weighted by atomic mass is 10.1. The highest BCUT2D eigenvalue weighted by Gasteiger charge is 2.02. The number of benzene rings is 1. The third-order valence-electron chi connectivity index (χ3n) is 3.68. The van der Waals surface area contributed by atoms with E-state index in [1.807, 2.05) is 0 Å². The quantitative estimate of drug-likeness (QED) is 0.605. The van der Waals surface area contributed by atoms with E-state index < -0.39 is 0 Å². The molecule has 0 aliphatic carbocycles. The van der Waals surface area contributed by atoms with Gasteiger partial charge in [-0.25, -0.2) is 0 Å². The average molecular weight is 331 g/mol. The molecule has 1 heterocycles. The molecule has 2 rings (SSSR count). The molecule has 0 saturated carbocycles. The van der Waals surface area contributed by atoms with E-state index in [0.717, 1.165) is 32.1 Å². The van der Waals surface area contributed by atoms with Gasteiger partial charge in [0, 0.05) is 25.0 Å². The van der Waals surface area contributed by atoms with Gasteiger partial charge in [0.05, 0.1) is 6.54 Å². The maximum Gasteiger partial charge on any atom is 0.191 e. The number of aliphatic imine (C=N–C) groups is 1. The van der Waals surface area contributed by atoms with Crippen molar-refractivity contribution in [1.82, 2.24) is 15.5 Å². The van der Waals surface area contributed by atoms with Gasteiger partial charge in [0.1, 0.15) is 0 Å². The highest BCUT2D eigenvalue weighted by molar-refractivity contribution is 7.09. The average Bonchev–Trinajstić information content (AvgIpc) is 3.08. The van der Waals surface area contributed by atoms with Gasteiger partial charge in [-0.1, -0.05) is 37.3 Å². The smallest absolute Gasteiger partial charge is 0.191 e. The largest absolute Gasteiger partial charge is 0.352 e. The Morgan fingerprint density at radius 2 is 1.91 bits per heavy atom. The number of nitrogens with zero attached hydrogens (tertiary/aromatic N) is 2. The zero-order valence-corrected chi connectivity index (χ0v) is 15.0. The fourth-order valence-corrected chi connectivity index (χ4v) is 2.90. The zero-order valence-electron chi connectivity index (χ0n) is 14.2. The van der Waals surface area contributed by atoms with E-state index in [4.69, 9.17) is 0 Å². The summed E-state index contributed by atoms with van der Waals surface area (Å²) in [6.07, 6.45) is 0. The predicted octanol–water partition coefficient (Wildman–Crippen LogP) is 3.07. The molecule has 0 unspecified atom stereocenters. The SMILES string of the molecule is CCN(C)Cc1cccc(CNC(=NC)NCc2cccs2)c1. The van der Waals surface area contributed by atoms with E-state index in [-0.39, 0.29) is 0 Å². The summed E-state index contributed by atoms with van der Waals surface area (Å²) in [5.74, 6) is 0.828. The highest BCUT2D eigenvalue weighted by Crippen LogP contribution is 2.08. The minimum absolute atomic E-state index is 0.772. The van der Waals surface area contributed by atoms with Crippen LogP contribution in [0.5, 0.6) is 0 Å². The van der Waals surface area contributed by atoms with Crippen LogP contribution in [0.4, 0.5) is 0 Å². The number of nitrogens with one attached hydrogen (secondary N) is 2. The maximum atomic E-state index is 4.28. The van der Waals surface area contributed by atoms with Crippen molar-refractivity contribution in [1.29, 1.82) is 0 Å². The normalized spacial score (nSPS) is 11.7. The van der Waals surface area contributed by atoms with Crippen LogP contribution in [0.1, 0.15) is 22.9 Å². The van der Waals surface area contributed by atoms with Crippen LogP contribution >= 0.6 is 11.3 Å². The van der Waals surface area contributed by atoms with Crippen LogP contribution < -0.4 is 10.6 Å². The minimum atomic E-state index is 0.772. The molecular formula is C18H26N4S. The third kappa shape index (κ3) is 6.04. The molecule has 1 aromatic heterocycles. The molecule has 1 aromatic carbocycles. The molecule has 0 atom stereocenters. The summed E-state index contributed by atoms with van der Waals surface area (Å²) in [7, 11) is 3.94. The first-order valence-corrected chi connectivity index (χ1v) is 8.82. The summed E-state index contributed by atoms with van der Waals surface area (Å²) >= 11 is 1.75. The summed E-state index contributed by atoms with van der Waals surface area (Å²) in [5.41, 5.74) is 2.61. The molecule has 0 fully saturated rings. The first-order valence-electron chi connectivity index (χ1n) is 7.94. The molecule has 124 valence electrons. The number of thiophene rings is 1. The van der Waals surface area contributed by atoms with Gasteiger partial charge in [-0.15, -0.1) is 11.3 Å².